The van der Waals surface area contributed by atoms with Crippen molar-refractivity contribution in [1.82, 2.24) is 20.0 Å². The molecule has 7 nitrogen and oxygen atoms in total. The van der Waals surface area contributed by atoms with Gasteiger partial charge in [0.15, 0.2) is 0 Å². The van der Waals surface area contributed by atoms with Crippen LogP contribution in [0.1, 0.15) is 30.4 Å². The van der Waals surface area contributed by atoms with Crippen LogP contribution in [0.5, 0.6) is 5.75 Å². The van der Waals surface area contributed by atoms with Gasteiger partial charge in [-0.05, 0) is 54.7 Å². The molecule has 1 aliphatic carbocycles. The summed E-state index contributed by atoms with van der Waals surface area (Å²) in [4.78, 5) is 33.0. The smallest absolute Gasteiger partial charge is 0.245 e. The van der Waals surface area contributed by atoms with Gasteiger partial charge in [0.05, 0.1) is 7.11 Å². The van der Waals surface area contributed by atoms with Crippen molar-refractivity contribution in [2.75, 3.05) is 39.8 Å². The number of methoxy groups -OCH3 is 1. The van der Waals surface area contributed by atoms with Crippen molar-refractivity contribution in [3.8, 4) is 5.75 Å². The Labute approximate surface area is 212 Å². The van der Waals surface area contributed by atoms with Crippen LogP contribution in [0.2, 0.25) is 0 Å². The lowest BCUT2D eigenvalue weighted by Gasteiger charge is -2.32. The van der Waals surface area contributed by atoms with Crippen molar-refractivity contribution in [2.45, 2.75) is 44.4 Å². The summed E-state index contributed by atoms with van der Waals surface area (Å²) in [6.45, 7) is 4.68. The van der Waals surface area contributed by atoms with E-state index in [1.807, 2.05) is 28.0 Å². The fourth-order valence-corrected chi connectivity index (χ4v) is 5.36. The maximum Gasteiger partial charge on any atom is 0.245 e. The second kappa shape index (κ2) is 11.0. The van der Waals surface area contributed by atoms with Gasteiger partial charge in [0.1, 0.15) is 17.6 Å². The van der Waals surface area contributed by atoms with Gasteiger partial charge in [-0.3, -0.25) is 14.5 Å². The SMILES string of the molecule is COc1cccc(CN(Cc2ccc(F)cc2)C2CC(C(=O)N3CCNCC3)N(C(=O)C3CC3)C2)c1. The van der Waals surface area contributed by atoms with Crippen molar-refractivity contribution in [3.63, 3.8) is 0 Å². The van der Waals surface area contributed by atoms with Gasteiger partial charge in [-0.25, -0.2) is 4.39 Å². The molecule has 0 radical (unpaired) electrons. The number of benzene rings is 2. The number of amides is 2. The van der Waals surface area contributed by atoms with E-state index in [2.05, 4.69) is 16.3 Å². The summed E-state index contributed by atoms with van der Waals surface area (Å²) in [6.07, 6.45) is 2.43. The van der Waals surface area contributed by atoms with Gasteiger partial charge in [0.25, 0.3) is 0 Å². The predicted octanol–water partition coefficient (Wildman–Crippen LogP) is 2.65. The summed E-state index contributed by atoms with van der Waals surface area (Å²) in [6, 6.07) is 14.1. The Kier molecular flexibility index (Phi) is 7.53. The van der Waals surface area contributed by atoms with Gasteiger partial charge >= 0.3 is 0 Å². The molecule has 2 aromatic rings. The minimum absolute atomic E-state index is 0.0146. The molecule has 1 saturated carbocycles. The van der Waals surface area contributed by atoms with Crippen LogP contribution >= 0.6 is 0 Å². The number of carbonyl (C=O) groups is 2. The molecule has 36 heavy (non-hydrogen) atoms. The van der Waals surface area contributed by atoms with Crippen molar-refractivity contribution in [1.29, 1.82) is 0 Å². The molecule has 2 unspecified atom stereocenters. The van der Waals surface area contributed by atoms with E-state index >= 15 is 0 Å². The molecule has 2 aliphatic heterocycles. The average molecular weight is 495 g/mol. The Bertz CT molecular complexity index is 1070. The molecule has 2 aromatic carbocycles. The first-order chi connectivity index (χ1) is 17.5. The Hall–Kier alpha value is -2.97. The molecule has 2 saturated heterocycles. The summed E-state index contributed by atoms with van der Waals surface area (Å²) in [5.74, 6) is 0.774. The molecule has 192 valence electrons. The first-order valence-electron chi connectivity index (χ1n) is 12.9. The molecule has 2 amide bonds. The first-order valence-corrected chi connectivity index (χ1v) is 12.9. The van der Waals surface area contributed by atoms with Crippen molar-refractivity contribution >= 4 is 11.8 Å². The van der Waals surface area contributed by atoms with E-state index in [1.165, 1.54) is 12.1 Å². The number of rotatable bonds is 8. The largest absolute Gasteiger partial charge is 0.497 e. The third-order valence-corrected chi connectivity index (χ3v) is 7.54. The zero-order valence-electron chi connectivity index (χ0n) is 20.9. The van der Waals surface area contributed by atoms with Crippen LogP contribution in [0.15, 0.2) is 48.5 Å². The summed E-state index contributed by atoms with van der Waals surface area (Å²) in [5, 5.41) is 3.30. The second-order valence-electron chi connectivity index (χ2n) is 10.1. The third kappa shape index (κ3) is 5.71. The number of hydrogen-bond donors (Lipinski definition) is 1. The fourth-order valence-electron chi connectivity index (χ4n) is 5.36. The van der Waals surface area contributed by atoms with Crippen LogP contribution in [0.4, 0.5) is 4.39 Å². The number of likely N-dealkylation sites (tertiary alicyclic amines) is 1. The Balaban J connectivity index is 1.40. The van der Waals surface area contributed by atoms with Crippen LogP contribution in [0.3, 0.4) is 0 Å². The number of ether oxygens (including phenoxy) is 1. The van der Waals surface area contributed by atoms with Crippen LogP contribution in [-0.2, 0) is 22.7 Å². The molecular formula is C28H35FN4O3. The topological polar surface area (TPSA) is 65.1 Å². The van der Waals surface area contributed by atoms with Crippen molar-refractivity contribution < 1.29 is 18.7 Å². The van der Waals surface area contributed by atoms with Crippen LogP contribution in [0, 0.1) is 11.7 Å². The van der Waals surface area contributed by atoms with E-state index < -0.39 is 6.04 Å². The molecular weight excluding hydrogens is 459 g/mol. The number of halogens is 1. The Morgan fingerprint density at radius 2 is 1.75 bits per heavy atom. The molecule has 5 rings (SSSR count). The molecule has 8 heteroatoms. The lowest BCUT2D eigenvalue weighted by atomic mass is 10.1. The van der Waals surface area contributed by atoms with Crippen molar-refractivity contribution in [3.05, 3.63) is 65.5 Å². The molecule has 3 aliphatic rings. The Morgan fingerprint density at radius 1 is 1.03 bits per heavy atom. The number of nitrogens with one attached hydrogen (secondary N) is 1. The lowest BCUT2D eigenvalue weighted by molar-refractivity contribution is -0.144. The average Bonchev–Trinajstić information content (AvgIpc) is 3.67. The van der Waals surface area contributed by atoms with E-state index in [1.54, 1.807) is 19.2 Å². The maximum absolute atomic E-state index is 13.6. The molecule has 0 bridgehead atoms. The molecule has 2 heterocycles. The Morgan fingerprint density at radius 3 is 2.44 bits per heavy atom. The zero-order chi connectivity index (χ0) is 25.1. The highest BCUT2D eigenvalue weighted by atomic mass is 19.1. The van der Waals surface area contributed by atoms with E-state index in [4.69, 9.17) is 4.74 Å². The van der Waals surface area contributed by atoms with Gasteiger partial charge in [-0.1, -0.05) is 24.3 Å². The van der Waals surface area contributed by atoms with Gasteiger partial charge in [-0.15, -0.1) is 0 Å². The van der Waals surface area contributed by atoms with Crippen LogP contribution in [0.25, 0.3) is 0 Å². The molecule has 3 fully saturated rings. The van der Waals surface area contributed by atoms with Gasteiger partial charge in [-0.2, -0.15) is 0 Å². The summed E-state index contributed by atoms with van der Waals surface area (Å²) in [7, 11) is 1.65. The van der Waals surface area contributed by atoms with E-state index in [0.29, 0.717) is 39.1 Å². The number of carbonyl (C=O) groups excluding carboxylic acids is 2. The quantitative estimate of drug-likeness (QED) is 0.611. The summed E-state index contributed by atoms with van der Waals surface area (Å²) in [5.41, 5.74) is 2.09. The van der Waals surface area contributed by atoms with Gasteiger partial charge in [0, 0.05) is 57.8 Å². The third-order valence-electron chi connectivity index (χ3n) is 7.54. The minimum Gasteiger partial charge on any atom is -0.497 e. The molecule has 0 spiro atoms. The highest BCUT2D eigenvalue weighted by Gasteiger charge is 2.46. The van der Waals surface area contributed by atoms with Crippen LogP contribution < -0.4 is 10.1 Å². The van der Waals surface area contributed by atoms with E-state index in [-0.39, 0.29) is 29.6 Å². The predicted molar refractivity (Wildman–Crippen MR) is 135 cm³/mol. The molecule has 2 atom stereocenters. The monoisotopic (exact) mass is 494 g/mol. The van der Waals surface area contributed by atoms with Crippen LogP contribution in [-0.4, -0.2) is 78.4 Å². The zero-order valence-corrected chi connectivity index (χ0v) is 20.9. The maximum atomic E-state index is 13.6. The number of hydrogen-bond acceptors (Lipinski definition) is 5. The second-order valence-corrected chi connectivity index (χ2v) is 10.1. The highest BCUT2D eigenvalue weighted by molar-refractivity contribution is 5.90. The lowest BCUT2D eigenvalue weighted by Crippen LogP contribution is -2.53. The first kappa shape index (κ1) is 24.7. The van der Waals surface area contributed by atoms with E-state index in [0.717, 1.165) is 42.8 Å². The normalized spacial score (nSPS) is 22.2. The summed E-state index contributed by atoms with van der Waals surface area (Å²) < 4.78 is 19.0. The molecule has 0 aromatic heterocycles. The number of piperazine rings is 1. The van der Waals surface area contributed by atoms with E-state index in [9.17, 15) is 14.0 Å². The van der Waals surface area contributed by atoms with Gasteiger partial charge in [0.2, 0.25) is 11.8 Å². The highest BCUT2D eigenvalue weighted by Crippen LogP contribution is 2.35. The standard InChI is InChI=1S/C28H35FN4O3/c1-36-25-4-2-3-21(15-25)18-32(17-20-5-9-23(29)10-6-20)24-16-26(28(35)31-13-11-30-12-14-31)33(19-24)27(34)22-7-8-22/h2-6,9-10,15,22,24,26,30H,7-8,11-14,16-19H2,1H3. The van der Waals surface area contributed by atoms with Crippen molar-refractivity contribution in [2.24, 2.45) is 5.92 Å². The molecule has 1 N–H and O–H groups in total. The summed E-state index contributed by atoms with van der Waals surface area (Å²) >= 11 is 0. The fraction of sp³-hybridized carbons (Fsp3) is 0.500. The van der Waals surface area contributed by atoms with Gasteiger partial charge < -0.3 is 19.9 Å². The number of nitrogens with zero attached hydrogens (tertiary/aromatic N) is 3. The minimum atomic E-state index is -0.428.